The van der Waals surface area contributed by atoms with E-state index in [1.54, 1.807) is 0 Å². The van der Waals surface area contributed by atoms with Crippen LogP contribution in [0.2, 0.25) is 0 Å². The van der Waals surface area contributed by atoms with Crippen molar-refractivity contribution >= 4 is 5.82 Å². The van der Waals surface area contributed by atoms with Gasteiger partial charge in [-0.15, -0.1) is 0 Å². The van der Waals surface area contributed by atoms with Crippen LogP contribution in [-0.2, 0) is 0 Å². The summed E-state index contributed by atoms with van der Waals surface area (Å²) in [6.45, 7) is 6.44. The van der Waals surface area contributed by atoms with E-state index in [-0.39, 0.29) is 0 Å². The molecule has 1 fully saturated rings. The Balaban J connectivity index is 2.13. The van der Waals surface area contributed by atoms with E-state index in [1.165, 1.54) is 17.5 Å². The molecular formula is C12H19N3. The molecule has 3 nitrogen and oxygen atoms in total. The van der Waals surface area contributed by atoms with Gasteiger partial charge in [0.05, 0.1) is 0 Å². The first-order valence-corrected chi connectivity index (χ1v) is 5.56. The topological polar surface area (TPSA) is 28.2 Å². The molecule has 1 aromatic rings. The lowest BCUT2D eigenvalue weighted by atomic mass is 10.2. The predicted molar refractivity (Wildman–Crippen MR) is 63.4 cm³/mol. The van der Waals surface area contributed by atoms with Gasteiger partial charge in [0.25, 0.3) is 0 Å². The van der Waals surface area contributed by atoms with Gasteiger partial charge in [0.2, 0.25) is 0 Å². The Morgan fingerprint density at radius 2 is 2.20 bits per heavy atom. The molecule has 82 valence electrons. The Morgan fingerprint density at radius 1 is 1.40 bits per heavy atom. The Hall–Kier alpha value is -1.09. The molecule has 0 saturated carbocycles. The van der Waals surface area contributed by atoms with Crippen LogP contribution in [0, 0.1) is 13.8 Å². The van der Waals surface area contributed by atoms with Crippen LogP contribution >= 0.6 is 0 Å². The summed E-state index contributed by atoms with van der Waals surface area (Å²) in [5, 5.41) is 3.32. The van der Waals surface area contributed by atoms with E-state index in [0.29, 0.717) is 6.04 Å². The molecule has 3 heteroatoms. The maximum Gasteiger partial charge on any atom is 0.128 e. The number of anilines is 1. The fraction of sp³-hybridized carbons (Fsp3) is 0.583. The highest BCUT2D eigenvalue weighted by Gasteiger charge is 2.21. The van der Waals surface area contributed by atoms with E-state index in [9.17, 15) is 0 Å². The highest BCUT2D eigenvalue weighted by molar-refractivity contribution is 5.44. The molecule has 0 aromatic carbocycles. The van der Waals surface area contributed by atoms with Crippen molar-refractivity contribution in [1.82, 2.24) is 10.3 Å². The standard InChI is InChI=1S/C12H19N3/c1-9-6-12(14-7-10(9)2)15-5-4-11(8-15)13-3/h6-7,11,13H,4-5,8H2,1-3H3. The molecule has 1 aliphatic rings. The van der Waals surface area contributed by atoms with Crippen molar-refractivity contribution in [2.75, 3.05) is 25.0 Å². The van der Waals surface area contributed by atoms with Crippen LogP contribution in [-0.4, -0.2) is 31.2 Å². The smallest absolute Gasteiger partial charge is 0.128 e. The fourth-order valence-electron chi connectivity index (χ4n) is 1.99. The lowest BCUT2D eigenvalue weighted by Gasteiger charge is -2.18. The molecule has 0 amide bonds. The zero-order valence-corrected chi connectivity index (χ0v) is 9.75. The first-order valence-electron chi connectivity index (χ1n) is 5.56. The van der Waals surface area contributed by atoms with E-state index in [0.717, 1.165) is 18.9 Å². The number of rotatable bonds is 2. The molecule has 1 N–H and O–H groups in total. The number of pyridine rings is 1. The normalized spacial score (nSPS) is 21.0. The third-order valence-corrected chi connectivity index (χ3v) is 3.28. The van der Waals surface area contributed by atoms with E-state index in [2.05, 4.69) is 35.1 Å². The van der Waals surface area contributed by atoms with Crippen molar-refractivity contribution in [2.45, 2.75) is 26.3 Å². The van der Waals surface area contributed by atoms with Crippen LogP contribution in [0.15, 0.2) is 12.3 Å². The van der Waals surface area contributed by atoms with Gasteiger partial charge in [-0.05, 0) is 44.5 Å². The summed E-state index contributed by atoms with van der Waals surface area (Å²) >= 11 is 0. The van der Waals surface area contributed by atoms with Gasteiger partial charge >= 0.3 is 0 Å². The molecule has 2 heterocycles. The number of hydrogen-bond donors (Lipinski definition) is 1. The average molecular weight is 205 g/mol. The van der Waals surface area contributed by atoms with E-state index < -0.39 is 0 Å². The van der Waals surface area contributed by atoms with Crippen LogP contribution in [0.4, 0.5) is 5.82 Å². The molecular weight excluding hydrogens is 186 g/mol. The highest BCUT2D eigenvalue weighted by Crippen LogP contribution is 2.20. The van der Waals surface area contributed by atoms with Gasteiger partial charge in [0.1, 0.15) is 5.82 Å². The van der Waals surface area contributed by atoms with E-state index in [1.807, 2.05) is 13.2 Å². The first-order chi connectivity index (χ1) is 7.20. The number of aromatic nitrogens is 1. The molecule has 1 atom stereocenters. The lowest BCUT2D eigenvalue weighted by Crippen LogP contribution is -2.29. The number of nitrogens with zero attached hydrogens (tertiary/aromatic N) is 2. The summed E-state index contributed by atoms with van der Waals surface area (Å²) in [6.07, 6.45) is 3.18. The van der Waals surface area contributed by atoms with Crippen LogP contribution in [0.3, 0.4) is 0 Å². The highest BCUT2D eigenvalue weighted by atomic mass is 15.2. The lowest BCUT2D eigenvalue weighted by molar-refractivity contribution is 0.616. The van der Waals surface area contributed by atoms with Gasteiger partial charge in [-0.1, -0.05) is 0 Å². The van der Waals surface area contributed by atoms with E-state index >= 15 is 0 Å². The Bertz CT molecular complexity index is 349. The maximum atomic E-state index is 4.49. The van der Waals surface area contributed by atoms with Crippen molar-refractivity contribution < 1.29 is 0 Å². The van der Waals surface area contributed by atoms with Crippen molar-refractivity contribution in [3.63, 3.8) is 0 Å². The molecule has 0 radical (unpaired) electrons. The van der Waals surface area contributed by atoms with Gasteiger partial charge in [0.15, 0.2) is 0 Å². The summed E-state index contributed by atoms with van der Waals surface area (Å²) in [5.74, 6) is 1.12. The summed E-state index contributed by atoms with van der Waals surface area (Å²) in [5.41, 5.74) is 2.59. The monoisotopic (exact) mass is 205 g/mol. The Morgan fingerprint density at radius 3 is 2.80 bits per heavy atom. The summed E-state index contributed by atoms with van der Waals surface area (Å²) < 4.78 is 0. The molecule has 1 aromatic heterocycles. The van der Waals surface area contributed by atoms with Crippen LogP contribution in [0.1, 0.15) is 17.5 Å². The third-order valence-electron chi connectivity index (χ3n) is 3.28. The van der Waals surface area contributed by atoms with E-state index in [4.69, 9.17) is 0 Å². The van der Waals surface area contributed by atoms with Crippen molar-refractivity contribution in [3.05, 3.63) is 23.4 Å². The van der Waals surface area contributed by atoms with Crippen molar-refractivity contribution in [2.24, 2.45) is 0 Å². The van der Waals surface area contributed by atoms with Crippen molar-refractivity contribution in [1.29, 1.82) is 0 Å². The quantitative estimate of drug-likeness (QED) is 0.793. The molecule has 1 unspecified atom stereocenters. The SMILES string of the molecule is CNC1CCN(c2cc(C)c(C)cn2)C1. The van der Waals surface area contributed by atoms with Crippen LogP contribution < -0.4 is 10.2 Å². The summed E-state index contributed by atoms with van der Waals surface area (Å²) in [7, 11) is 2.03. The minimum atomic E-state index is 0.619. The van der Waals surface area contributed by atoms with Crippen LogP contribution in [0.5, 0.6) is 0 Å². The van der Waals surface area contributed by atoms with Gasteiger partial charge in [-0.2, -0.15) is 0 Å². The molecule has 1 saturated heterocycles. The molecule has 15 heavy (non-hydrogen) atoms. The third kappa shape index (κ3) is 2.12. The number of hydrogen-bond acceptors (Lipinski definition) is 3. The molecule has 0 aliphatic carbocycles. The predicted octanol–water partition coefficient (Wildman–Crippen LogP) is 1.50. The number of aryl methyl sites for hydroxylation is 2. The fourth-order valence-corrected chi connectivity index (χ4v) is 1.99. The number of nitrogens with one attached hydrogen (secondary N) is 1. The minimum absolute atomic E-state index is 0.619. The second-order valence-electron chi connectivity index (χ2n) is 4.35. The maximum absolute atomic E-state index is 4.49. The zero-order valence-electron chi connectivity index (χ0n) is 9.75. The zero-order chi connectivity index (χ0) is 10.8. The Kier molecular flexibility index (Phi) is 2.91. The van der Waals surface area contributed by atoms with Gasteiger partial charge in [0, 0.05) is 25.3 Å². The van der Waals surface area contributed by atoms with Gasteiger partial charge in [-0.3, -0.25) is 0 Å². The molecule has 2 rings (SSSR count). The minimum Gasteiger partial charge on any atom is -0.355 e. The summed E-state index contributed by atoms with van der Waals surface area (Å²) in [4.78, 5) is 6.84. The van der Waals surface area contributed by atoms with Gasteiger partial charge in [-0.25, -0.2) is 4.98 Å². The molecule has 0 spiro atoms. The Labute approximate surface area is 91.5 Å². The van der Waals surface area contributed by atoms with Crippen molar-refractivity contribution in [3.8, 4) is 0 Å². The average Bonchev–Trinajstić information content (AvgIpc) is 2.70. The number of likely N-dealkylation sites (N-methyl/N-ethyl adjacent to an activating group) is 1. The summed E-state index contributed by atoms with van der Waals surface area (Å²) in [6, 6.07) is 2.81. The molecule has 0 bridgehead atoms. The molecule has 1 aliphatic heterocycles. The first kappa shape index (κ1) is 10.4. The largest absolute Gasteiger partial charge is 0.355 e. The van der Waals surface area contributed by atoms with Crippen LogP contribution in [0.25, 0.3) is 0 Å². The van der Waals surface area contributed by atoms with Gasteiger partial charge < -0.3 is 10.2 Å². The second kappa shape index (κ2) is 4.19. The second-order valence-corrected chi connectivity index (χ2v) is 4.35.